The van der Waals surface area contributed by atoms with Crippen LogP contribution in [0.2, 0.25) is 0 Å². The van der Waals surface area contributed by atoms with Crippen molar-refractivity contribution >= 4 is 15.8 Å². The second kappa shape index (κ2) is 6.51. The standard InChI is InChI=1S/C12H16O5S/c1-16-7-8-17-12(13)9-10-3-5-11(6-4-10)18(2,14)15/h3-6H,7-9H2,1-2H3. The van der Waals surface area contributed by atoms with Gasteiger partial charge in [0.25, 0.3) is 0 Å². The molecule has 0 saturated carbocycles. The molecule has 1 aromatic rings. The van der Waals surface area contributed by atoms with E-state index < -0.39 is 9.84 Å². The van der Waals surface area contributed by atoms with Crippen molar-refractivity contribution in [1.82, 2.24) is 0 Å². The van der Waals surface area contributed by atoms with E-state index in [0.29, 0.717) is 12.2 Å². The van der Waals surface area contributed by atoms with Crippen molar-refractivity contribution in [3.05, 3.63) is 29.8 Å². The van der Waals surface area contributed by atoms with Crippen LogP contribution in [0, 0.1) is 0 Å². The number of carbonyl (C=O) groups is 1. The van der Waals surface area contributed by atoms with Crippen molar-refractivity contribution in [3.8, 4) is 0 Å². The molecule has 0 radical (unpaired) electrons. The normalized spacial score (nSPS) is 11.2. The van der Waals surface area contributed by atoms with Gasteiger partial charge < -0.3 is 9.47 Å². The van der Waals surface area contributed by atoms with Crippen molar-refractivity contribution < 1.29 is 22.7 Å². The topological polar surface area (TPSA) is 69.7 Å². The molecule has 0 saturated heterocycles. The van der Waals surface area contributed by atoms with Gasteiger partial charge in [0.05, 0.1) is 17.9 Å². The Morgan fingerprint density at radius 3 is 2.28 bits per heavy atom. The third-order valence-electron chi connectivity index (χ3n) is 2.25. The lowest BCUT2D eigenvalue weighted by atomic mass is 10.1. The Hall–Kier alpha value is -1.40. The van der Waals surface area contributed by atoms with Crippen LogP contribution in [0.4, 0.5) is 0 Å². The van der Waals surface area contributed by atoms with Crippen LogP contribution in [-0.4, -0.2) is 41.0 Å². The first-order valence-electron chi connectivity index (χ1n) is 5.37. The number of ether oxygens (including phenoxy) is 2. The monoisotopic (exact) mass is 272 g/mol. The maximum absolute atomic E-state index is 11.4. The van der Waals surface area contributed by atoms with Crippen LogP contribution in [-0.2, 0) is 30.5 Å². The summed E-state index contributed by atoms with van der Waals surface area (Å²) in [6, 6.07) is 6.17. The number of rotatable bonds is 6. The second-order valence-corrected chi connectivity index (χ2v) is 5.82. The molecule has 0 aliphatic rings. The predicted octanol–water partition coefficient (Wildman–Crippen LogP) is 0.822. The SMILES string of the molecule is COCCOC(=O)Cc1ccc(S(C)(=O)=O)cc1. The Morgan fingerprint density at radius 2 is 1.78 bits per heavy atom. The molecule has 18 heavy (non-hydrogen) atoms. The van der Waals surface area contributed by atoms with Crippen LogP contribution in [0.15, 0.2) is 29.2 Å². The Kier molecular flexibility index (Phi) is 5.30. The molecule has 6 heteroatoms. The molecule has 0 bridgehead atoms. The first-order valence-corrected chi connectivity index (χ1v) is 7.26. The van der Waals surface area contributed by atoms with E-state index in [1.165, 1.54) is 19.2 Å². The zero-order valence-electron chi connectivity index (χ0n) is 10.4. The van der Waals surface area contributed by atoms with Gasteiger partial charge in [0.2, 0.25) is 0 Å². The predicted molar refractivity (Wildman–Crippen MR) is 66.1 cm³/mol. The van der Waals surface area contributed by atoms with E-state index in [1.54, 1.807) is 12.1 Å². The molecule has 0 aliphatic carbocycles. The fourth-order valence-corrected chi connectivity index (χ4v) is 1.94. The van der Waals surface area contributed by atoms with Crippen LogP contribution in [0.1, 0.15) is 5.56 Å². The fourth-order valence-electron chi connectivity index (χ4n) is 1.31. The highest BCUT2D eigenvalue weighted by Crippen LogP contribution is 2.11. The van der Waals surface area contributed by atoms with Gasteiger partial charge in [0.1, 0.15) is 6.61 Å². The van der Waals surface area contributed by atoms with Gasteiger partial charge >= 0.3 is 5.97 Å². The van der Waals surface area contributed by atoms with E-state index in [0.717, 1.165) is 6.26 Å². The fraction of sp³-hybridized carbons (Fsp3) is 0.417. The minimum Gasteiger partial charge on any atom is -0.463 e. The van der Waals surface area contributed by atoms with Crippen LogP contribution in [0.3, 0.4) is 0 Å². The molecule has 0 N–H and O–H groups in total. The molecule has 100 valence electrons. The molecule has 5 nitrogen and oxygen atoms in total. The van der Waals surface area contributed by atoms with Crippen molar-refractivity contribution in [2.24, 2.45) is 0 Å². The maximum Gasteiger partial charge on any atom is 0.310 e. The van der Waals surface area contributed by atoms with Crippen LogP contribution in [0.25, 0.3) is 0 Å². The first-order chi connectivity index (χ1) is 8.43. The molecule has 0 heterocycles. The summed E-state index contributed by atoms with van der Waals surface area (Å²) in [5.74, 6) is -0.362. The van der Waals surface area contributed by atoms with Gasteiger partial charge in [-0.25, -0.2) is 8.42 Å². The lowest BCUT2D eigenvalue weighted by molar-refractivity contribution is -0.144. The summed E-state index contributed by atoms with van der Waals surface area (Å²) in [4.78, 5) is 11.6. The van der Waals surface area contributed by atoms with Gasteiger partial charge in [0.15, 0.2) is 9.84 Å². The quantitative estimate of drug-likeness (QED) is 0.566. The lowest BCUT2D eigenvalue weighted by Crippen LogP contribution is -2.12. The van der Waals surface area contributed by atoms with Gasteiger partial charge in [-0.05, 0) is 17.7 Å². The highest BCUT2D eigenvalue weighted by Gasteiger charge is 2.08. The Balaban J connectivity index is 2.56. The largest absolute Gasteiger partial charge is 0.463 e. The van der Waals surface area contributed by atoms with Crippen molar-refractivity contribution in [1.29, 1.82) is 0 Å². The minimum absolute atomic E-state index is 0.119. The summed E-state index contributed by atoms with van der Waals surface area (Å²) in [6.07, 6.45) is 1.26. The van der Waals surface area contributed by atoms with Crippen molar-refractivity contribution in [2.75, 3.05) is 26.6 Å². The lowest BCUT2D eigenvalue weighted by Gasteiger charge is -2.04. The molecule has 0 atom stereocenters. The summed E-state index contributed by atoms with van der Waals surface area (Å²) >= 11 is 0. The summed E-state index contributed by atoms with van der Waals surface area (Å²) in [6.45, 7) is 0.579. The number of sulfone groups is 1. The number of methoxy groups -OCH3 is 1. The Morgan fingerprint density at radius 1 is 1.17 bits per heavy atom. The smallest absolute Gasteiger partial charge is 0.310 e. The van der Waals surface area contributed by atoms with Gasteiger partial charge in [-0.15, -0.1) is 0 Å². The average Bonchev–Trinajstić information content (AvgIpc) is 2.29. The van der Waals surface area contributed by atoms with E-state index in [2.05, 4.69) is 0 Å². The first kappa shape index (κ1) is 14.7. The molecule has 0 aromatic heterocycles. The Bertz CT molecular complexity index is 490. The van der Waals surface area contributed by atoms with Crippen molar-refractivity contribution in [2.45, 2.75) is 11.3 Å². The van der Waals surface area contributed by atoms with Gasteiger partial charge in [-0.1, -0.05) is 12.1 Å². The third-order valence-corrected chi connectivity index (χ3v) is 3.38. The molecule has 0 amide bonds. The summed E-state index contributed by atoms with van der Waals surface area (Å²) in [7, 11) is -1.67. The zero-order valence-corrected chi connectivity index (χ0v) is 11.2. The van der Waals surface area contributed by atoms with E-state index in [1.807, 2.05) is 0 Å². The highest BCUT2D eigenvalue weighted by atomic mass is 32.2. The minimum atomic E-state index is -3.20. The van der Waals surface area contributed by atoms with Gasteiger partial charge in [-0.2, -0.15) is 0 Å². The second-order valence-electron chi connectivity index (χ2n) is 3.81. The van der Waals surface area contributed by atoms with E-state index in [-0.39, 0.29) is 23.9 Å². The van der Waals surface area contributed by atoms with Crippen LogP contribution in [0.5, 0.6) is 0 Å². The van der Waals surface area contributed by atoms with E-state index >= 15 is 0 Å². The maximum atomic E-state index is 11.4. The zero-order chi connectivity index (χ0) is 13.6. The third kappa shape index (κ3) is 4.85. The Labute approximate surface area is 107 Å². The number of carbonyl (C=O) groups excluding carboxylic acids is 1. The molecule has 0 spiro atoms. The number of benzene rings is 1. The van der Waals surface area contributed by atoms with Crippen LogP contribution >= 0.6 is 0 Å². The molecule has 1 aromatic carbocycles. The molecular formula is C12H16O5S. The molecule has 1 rings (SSSR count). The molecule has 0 fully saturated rings. The van der Waals surface area contributed by atoms with Crippen LogP contribution < -0.4 is 0 Å². The number of esters is 1. The number of hydrogen-bond acceptors (Lipinski definition) is 5. The molecule has 0 unspecified atom stereocenters. The van der Waals surface area contributed by atoms with E-state index in [9.17, 15) is 13.2 Å². The molecular weight excluding hydrogens is 256 g/mol. The summed E-state index contributed by atoms with van der Waals surface area (Å²) in [5, 5.41) is 0. The van der Waals surface area contributed by atoms with E-state index in [4.69, 9.17) is 9.47 Å². The average molecular weight is 272 g/mol. The highest BCUT2D eigenvalue weighted by molar-refractivity contribution is 7.90. The van der Waals surface area contributed by atoms with Gasteiger partial charge in [0, 0.05) is 13.4 Å². The summed E-state index contributed by atoms with van der Waals surface area (Å²) in [5.41, 5.74) is 0.713. The van der Waals surface area contributed by atoms with Crippen molar-refractivity contribution in [3.63, 3.8) is 0 Å². The summed E-state index contributed by atoms with van der Waals surface area (Å²) < 4.78 is 32.1. The number of hydrogen-bond donors (Lipinski definition) is 0. The molecule has 0 aliphatic heterocycles. The van der Waals surface area contributed by atoms with Gasteiger partial charge in [-0.3, -0.25) is 4.79 Å².